The molecule has 1 amide bonds. The molecule has 1 fully saturated rings. The zero-order valence-electron chi connectivity index (χ0n) is 16.5. The van der Waals surface area contributed by atoms with Crippen LogP contribution in [0.5, 0.6) is 0 Å². The van der Waals surface area contributed by atoms with Crippen molar-refractivity contribution >= 4 is 23.2 Å². The van der Waals surface area contributed by atoms with Crippen LogP contribution in [0.1, 0.15) is 39.7 Å². The van der Waals surface area contributed by atoms with Gasteiger partial charge in [-0.25, -0.2) is 0 Å². The lowest BCUT2D eigenvalue weighted by atomic mass is 9.88. The first-order valence-corrected chi connectivity index (χ1v) is 10.5. The van der Waals surface area contributed by atoms with Gasteiger partial charge in [-0.2, -0.15) is 0 Å². The van der Waals surface area contributed by atoms with E-state index in [1.54, 1.807) is 13.1 Å². The highest BCUT2D eigenvalue weighted by Crippen LogP contribution is 2.36. The monoisotopic (exact) mass is 399 g/mol. The normalized spacial score (nSPS) is 20.7. The number of likely N-dealkylation sites (tertiary alicyclic amines) is 1. The van der Waals surface area contributed by atoms with Crippen LogP contribution >= 0.6 is 11.3 Å². The van der Waals surface area contributed by atoms with Crippen molar-refractivity contribution in [2.45, 2.75) is 25.4 Å². The summed E-state index contributed by atoms with van der Waals surface area (Å²) >= 11 is 1.84. The Morgan fingerprint density at radius 3 is 2.89 bits per heavy atom. The van der Waals surface area contributed by atoms with Crippen LogP contribution < -0.4 is 16.4 Å². The van der Waals surface area contributed by atoms with Gasteiger partial charge in [0.2, 0.25) is 5.91 Å². The molecule has 2 unspecified atom stereocenters. The van der Waals surface area contributed by atoms with E-state index in [1.807, 2.05) is 29.5 Å². The molecule has 150 valence electrons. The van der Waals surface area contributed by atoms with Crippen LogP contribution in [0, 0.1) is 5.92 Å². The fourth-order valence-corrected chi connectivity index (χ4v) is 4.83. The second-order valence-corrected chi connectivity index (χ2v) is 8.19. The topological polar surface area (TPSA) is 82.7 Å². The van der Waals surface area contributed by atoms with Gasteiger partial charge in [0.15, 0.2) is 5.96 Å². The van der Waals surface area contributed by atoms with Crippen molar-refractivity contribution in [3.63, 3.8) is 0 Å². The molecule has 3 rings (SSSR count). The summed E-state index contributed by atoms with van der Waals surface area (Å²) < 4.78 is 0. The van der Waals surface area contributed by atoms with Crippen molar-refractivity contribution in [2.75, 3.05) is 27.2 Å². The molecule has 7 heteroatoms. The molecule has 1 aromatic heterocycles. The zero-order chi connectivity index (χ0) is 19.9. The summed E-state index contributed by atoms with van der Waals surface area (Å²) in [5.41, 5.74) is 6.87. The summed E-state index contributed by atoms with van der Waals surface area (Å²) in [4.78, 5) is 19.6. The Kier molecular flexibility index (Phi) is 7.06. The van der Waals surface area contributed by atoms with Gasteiger partial charge in [-0.1, -0.05) is 18.2 Å². The molecule has 1 aliphatic rings. The molecule has 2 atom stereocenters. The first-order chi connectivity index (χ1) is 13.6. The molecule has 0 radical (unpaired) electrons. The van der Waals surface area contributed by atoms with Crippen molar-refractivity contribution in [3.8, 4) is 0 Å². The second-order valence-electron chi connectivity index (χ2n) is 7.21. The minimum Gasteiger partial charge on any atom is -0.366 e. The van der Waals surface area contributed by atoms with E-state index in [1.165, 1.54) is 17.7 Å². The summed E-state index contributed by atoms with van der Waals surface area (Å²) in [5, 5.41) is 8.97. The summed E-state index contributed by atoms with van der Waals surface area (Å²) in [6, 6.07) is 12.2. The van der Waals surface area contributed by atoms with Crippen molar-refractivity contribution < 1.29 is 4.79 Å². The van der Waals surface area contributed by atoms with Crippen LogP contribution in [0.3, 0.4) is 0 Å². The number of nitrogens with one attached hydrogen (secondary N) is 2. The fourth-order valence-electron chi connectivity index (χ4n) is 3.85. The molecular formula is C21H29N5OS. The Hall–Kier alpha value is -2.38. The number of nitrogens with two attached hydrogens (primary N) is 1. The van der Waals surface area contributed by atoms with Gasteiger partial charge in [0.05, 0.1) is 0 Å². The van der Waals surface area contributed by atoms with Crippen LogP contribution in [-0.4, -0.2) is 44.0 Å². The van der Waals surface area contributed by atoms with Gasteiger partial charge in [-0.05, 0) is 61.5 Å². The highest BCUT2D eigenvalue weighted by molar-refractivity contribution is 7.10. The fraction of sp³-hybridized carbons (Fsp3) is 0.429. The number of hydrogen-bond donors (Lipinski definition) is 3. The molecule has 1 aromatic carbocycles. The van der Waals surface area contributed by atoms with Gasteiger partial charge in [0, 0.05) is 36.6 Å². The van der Waals surface area contributed by atoms with Crippen LogP contribution in [0.4, 0.5) is 0 Å². The Morgan fingerprint density at radius 2 is 2.18 bits per heavy atom. The molecular weight excluding hydrogens is 370 g/mol. The minimum absolute atomic E-state index is 0.412. The third kappa shape index (κ3) is 5.11. The molecule has 1 saturated heterocycles. The average Bonchev–Trinajstić information content (AvgIpc) is 3.22. The molecule has 0 aliphatic carbocycles. The maximum absolute atomic E-state index is 11.3. The van der Waals surface area contributed by atoms with Gasteiger partial charge in [-0.3, -0.25) is 14.7 Å². The lowest BCUT2D eigenvalue weighted by molar-refractivity contribution is 0.1000. The first kappa shape index (κ1) is 20.4. The third-order valence-electron chi connectivity index (χ3n) is 5.27. The van der Waals surface area contributed by atoms with E-state index < -0.39 is 5.91 Å². The lowest BCUT2D eigenvalue weighted by Gasteiger charge is -2.39. The summed E-state index contributed by atoms with van der Waals surface area (Å²) in [6.07, 6.45) is 2.42. The van der Waals surface area contributed by atoms with Crippen molar-refractivity contribution in [3.05, 3.63) is 57.8 Å². The quantitative estimate of drug-likeness (QED) is 0.515. The summed E-state index contributed by atoms with van der Waals surface area (Å²) in [6.45, 7) is 2.59. The summed E-state index contributed by atoms with van der Waals surface area (Å²) in [7, 11) is 3.99. The van der Waals surface area contributed by atoms with E-state index in [4.69, 9.17) is 5.73 Å². The largest absolute Gasteiger partial charge is 0.366 e. The number of guanidine groups is 1. The average molecular weight is 400 g/mol. The maximum atomic E-state index is 11.3. The number of aliphatic imine (C=N–C) groups is 1. The van der Waals surface area contributed by atoms with Crippen LogP contribution in [0.2, 0.25) is 0 Å². The lowest BCUT2D eigenvalue weighted by Crippen LogP contribution is -2.44. The van der Waals surface area contributed by atoms with Crippen molar-refractivity contribution in [1.29, 1.82) is 0 Å². The highest BCUT2D eigenvalue weighted by Gasteiger charge is 2.31. The standard InChI is InChI=1S/C21H29N5OS/c1-23-21(24-13-15-6-3-7-16(12-15)20(22)27)25-14-17-8-4-10-26(2)19(17)18-9-5-11-28-18/h3,5-7,9,11-12,17,19H,4,8,10,13-14H2,1-2H3,(H2,22,27)(H2,23,24,25). The number of carbonyl (C=O) groups is 1. The van der Waals surface area contributed by atoms with E-state index in [9.17, 15) is 4.79 Å². The predicted molar refractivity (Wildman–Crippen MR) is 116 cm³/mol. The summed E-state index contributed by atoms with van der Waals surface area (Å²) in [5.74, 6) is 0.891. The van der Waals surface area contributed by atoms with Crippen molar-refractivity contribution in [1.82, 2.24) is 15.5 Å². The van der Waals surface area contributed by atoms with Crippen LogP contribution in [-0.2, 0) is 6.54 Å². The Labute approximate surface area is 170 Å². The number of piperidine rings is 1. The van der Waals surface area contributed by atoms with E-state index in [0.29, 0.717) is 24.1 Å². The third-order valence-corrected chi connectivity index (χ3v) is 6.21. The molecule has 0 bridgehead atoms. The minimum atomic E-state index is -0.412. The molecule has 0 spiro atoms. The molecule has 0 saturated carbocycles. The van der Waals surface area contributed by atoms with Gasteiger partial charge in [0.1, 0.15) is 0 Å². The van der Waals surface area contributed by atoms with Crippen molar-refractivity contribution in [2.24, 2.45) is 16.6 Å². The molecule has 6 nitrogen and oxygen atoms in total. The zero-order valence-corrected chi connectivity index (χ0v) is 17.3. The molecule has 2 heterocycles. The smallest absolute Gasteiger partial charge is 0.248 e. The number of benzene rings is 1. The van der Waals surface area contributed by atoms with Gasteiger partial charge >= 0.3 is 0 Å². The van der Waals surface area contributed by atoms with Crippen LogP contribution in [0.25, 0.3) is 0 Å². The van der Waals surface area contributed by atoms with Gasteiger partial charge in [-0.15, -0.1) is 11.3 Å². The van der Waals surface area contributed by atoms with E-state index in [2.05, 4.69) is 45.1 Å². The number of rotatable bonds is 6. The SMILES string of the molecule is CN=C(NCc1cccc(C(N)=O)c1)NCC1CCCN(C)C1c1cccs1. The number of thiophene rings is 1. The van der Waals surface area contributed by atoms with Crippen LogP contribution in [0.15, 0.2) is 46.8 Å². The molecule has 1 aliphatic heterocycles. The van der Waals surface area contributed by atoms with E-state index in [0.717, 1.165) is 24.6 Å². The molecule has 28 heavy (non-hydrogen) atoms. The Balaban J connectivity index is 1.57. The number of primary amides is 1. The van der Waals surface area contributed by atoms with Gasteiger partial charge < -0.3 is 16.4 Å². The number of carbonyl (C=O) groups excluding carboxylic acids is 1. The maximum Gasteiger partial charge on any atom is 0.248 e. The number of nitrogens with zero attached hydrogens (tertiary/aromatic N) is 2. The molecule has 4 N–H and O–H groups in total. The van der Waals surface area contributed by atoms with E-state index in [-0.39, 0.29) is 0 Å². The molecule has 2 aromatic rings. The first-order valence-electron chi connectivity index (χ1n) is 9.65. The Morgan fingerprint density at radius 1 is 1.32 bits per heavy atom. The van der Waals surface area contributed by atoms with Gasteiger partial charge in [0.25, 0.3) is 0 Å². The highest BCUT2D eigenvalue weighted by atomic mass is 32.1. The van der Waals surface area contributed by atoms with E-state index >= 15 is 0 Å². The Bertz CT molecular complexity index is 805. The number of amides is 1. The predicted octanol–water partition coefficient (Wildman–Crippen LogP) is 2.60. The second kappa shape index (κ2) is 9.71. The number of hydrogen-bond acceptors (Lipinski definition) is 4.